The molecule has 138 valence electrons. The fourth-order valence-electron chi connectivity index (χ4n) is 2.08. The van der Waals surface area contributed by atoms with Crippen LogP contribution in [0.1, 0.15) is 22.6 Å². The largest absolute Gasteiger partial charge is 0.416 e. The summed E-state index contributed by atoms with van der Waals surface area (Å²) >= 11 is 0. The van der Waals surface area contributed by atoms with Crippen molar-refractivity contribution in [3.63, 3.8) is 0 Å². The Morgan fingerprint density at radius 3 is 1.80 bits per heavy atom. The molecule has 0 amide bonds. The molecule has 0 unspecified atom stereocenters. The fraction of sp³-hybridized carbons (Fsp3) is 0.308. The predicted octanol–water partition coefficient (Wildman–Crippen LogP) is 4.13. The topological polar surface area (TPSA) is 72.2 Å². The molecule has 0 aliphatic heterocycles. The first-order valence-electron chi connectivity index (χ1n) is 6.47. The third-order valence-corrected chi connectivity index (χ3v) is 4.70. The number of rotatable bonds is 3. The van der Waals surface area contributed by atoms with Crippen molar-refractivity contribution in [3.05, 3.63) is 40.8 Å². The molecule has 2 rings (SSSR count). The summed E-state index contributed by atoms with van der Waals surface area (Å²) in [7, 11) is -4.50. The van der Waals surface area contributed by atoms with Crippen LogP contribution in [-0.2, 0) is 22.4 Å². The molecule has 25 heavy (non-hydrogen) atoms. The van der Waals surface area contributed by atoms with Crippen molar-refractivity contribution in [3.8, 4) is 0 Å². The third kappa shape index (κ3) is 4.06. The van der Waals surface area contributed by atoms with Gasteiger partial charge in [0.15, 0.2) is 10.7 Å². The Labute approximate surface area is 137 Å². The lowest BCUT2D eigenvalue weighted by Gasteiger charge is -2.15. The van der Waals surface area contributed by atoms with Gasteiger partial charge in [-0.1, -0.05) is 5.16 Å². The Balaban J connectivity index is 2.56. The molecule has 0 fully saturated rings. The zero-order valence-electron chi connectivity index (χ0n) is 12.6. The smallest absolute Gasteiger partial charge is 0.360 e. The molecule has 0 atom stereocenters. The van der Waals surface area contributed by atoms with Crippen LogP contribution >= 0.6 is 0 Å². The van der Waals surface area contributed by atoms with E-state index in [1.165, 1.54) is 13.8 Å². The summed E-state index contributed by atoms with van der Waals surface area (Å²) < 4.78 is 108. The van der Waals surface area contributed by atoms with E-state index in [-0.39, 0.29) is 29.7 Å². The summed E-state index contributed by atoms with van der Waals surface area (Å²) in [6, 6.07) is 0.434. The molecule has 0 aliphatic carbocycles. The fourth-order valence-corrected chi connectivity index (χ4v) is 3.45. The molecule has 1 aromatic heterocycles. The number of aromatic nitrogens is 1. The van der Waals surface area contributed by atoms with Gasteiger partial charge in [0.1, 0.15) is 5.69 Å². The number of aryl methyl sites for hydroxylation is 2. The van der Waals surface area contributed by atoms with Gasteiger partial charge in [0.2, 0.25) is 0 Å². The van der Waals surface area contributed by atoms with Gasteiger partial charge in [0.05, 0.1) is 16.8 Å². The van der Waals surface area contributed by atoms with Crippen LogP contribution in [0.3, 0.4) is 0 Å². The highest BCUT2D eigenvalue weighted by atomic mass is 32.2. The van der Waals surface area contributed by atoms with Gasteiger partial charge in [0, 0.05) is 0 Å². The number of benzene rings is 1. The number of nitrogens with zero attached hydrogens (tertiary/aromatic N) is 1. The van der Waals surface area contributed by atoms with Crippen molar-refractivity contribution in [2.45, 2.75) is 31.1 Å². The van der Waals surface area contributed by atoms with Crippen LogP contribution in [-0.4, -0.2) is 13.6 Å². The average molecular weight is 388 g/mol. The molecule has 1 aromatic carbocycles. The molecule has 1 N–H and O–H groups in total. The molecular weight excluding hydrogens is 378 g/mol. The highest BCUT2D eigenvalue weighted by Gasteiger charge is 2.37. The van der Waals surface area contributed by atoms with Gasteiger partial charge in [-0.05, 0) is 32.0 Å². The molecule has 1 heterocycles. The summed E-state index contributed by atoms with van der Waals surface area (Å²) in [4.78, 5) is -0.460. The second-order valence-corrected chi connectivity index (χ2v) is 6.67. The minimum atomic E-state index is -5.09. The maximum Gasteiger partial charge on any atom is 0.416 e. The second kappa shape index (κ2) is 5.93. The predicted molar refractivity (Wildman–Crippen MR) is 73.2 cm³/mol. The van der Waals surface area contributed by atoms with Crippen LogP contribution in [0.4, 0.5) is 32.0 Å². The highest BCUT2D eigenvalue weighted by molar-refractivity contribution is 7.92. The molecule has 0 saturated carbocycles. The van der Waals surface area contributed by atoms with Gasteiger partial charge in [-0.2, -0.15) is 26.3 Å². The van der Waals surface area contributed by atoms with Gasteiger partial charge in [-0.3, -0.25) is 4.72 Å². The monoisotopic (exact) mass is 388 g/mol. The van der Waals surface area contributed by atoms with E-state index in [9.17, 15) is 34.8 Å². The number of sulfonamides is 1. The zero-order valence-corrected chi connectivity index (χ0v) is 13.4. The number of alkyl halides is 6. The molecule has 12 heteroatoms. The van der Waals surface area contributed by atoms with Crippen LogP contribution in [0, 0.1) is 13.8 Å². The maximum absolute atomic E-state index is 12.8. The Hall–Kier alpha value is -2.24. The number of nitrogens with one attached hydrogen (secondary N) is 1. The van der Waals surface area contributed by atoms with Crippen LogP contribution in [0.2, 0.25) is 0 Å². The Kier molecular flexibility index (Phi) is 4.53. The van der Waals surface area contributed by atoms with Crippen molar-refractivity contribution < 1.29 is 39.3 Å². The first kappa shape index (κ1) is 19.1. The summed E-state index contributed by atoms with van der Waals surface area (Å²) in [5.74, 6) is -0.159. The van der Waals surface area contributed by atoms with E-state index >= 15 is 0 Å². The van der Waals surface area contributed by atoms with Gasteiger partial charge in [0.25, 0.3) is 10.0 Å². The average Bonchev–Trinajstić information content (AvgIpc) is 2.76. The minimum Gasteiger partial charge on any atom is -0.360 e. The lowest BCUT2D eigenvalue weighted by molar-refractivity contribution is -0.143. The van der Waals surface area contributed by atoms with E-state index in [1.54, 1.807) is 4.72 Å². The summed E-state index contributed by atoms with van der Waals surface area (Å²) in [5, 5.41) is 3.38. The first-order chi connectivity index (χ1) is 11.2. The lowest BCUT2D eigenvalue weighted by Crippen LogP contribution is -2.17. The van der Waals surface area contributed by atoms with Crippen LogP contribution in [0.25, 0.3) is 0 Å². The summed E-state index contributed by atoms with van der Waals surface area (Å²) in [6.07, 6.45) is -10.2. The Morgan fingerprint density at radius 2 is 1.44 bits per heavy atom. The van der Waals surface area contributed by atoms with E-state index < -0.39 is 44.1 Å². The van der Waals surface area contributed by atoms with E-state index in [0.717, 1.165) is 0 Å². The molecule has 0 aliphatic rings. The van der Waals surface area contributed by atoms with Crippen molar-refractivity contribution >= 4 is 15.7 Å². The molecule has 2 aromatic rings. The van der Waals surface area contributed by atoms with Gasteiger partial charge >= 0.3 is 12.4 Å². The summed E-state index contributed by atoms with van der Waals surface area (Å²) in [6.45, 7) is 2.50. The number of anilines is 1. The number of hydrogen-bond donors (Lipinski definition) is 1. The number of hydrogen-bond acceptors (Lipinski definition) is 4. The van der Waals surface area contributed by atoms with Crippen LogP contribution in [0.15, 0.2) is 27.6 Å². The molecular formula is C13H10F6N2O3S. The van der Waals surface area contributed by atoms with Crippen LogP contribution < -0.4 is 4.72 Å². The van der Waals surface area contributed by atoms with E-state index in [2.05, 4.69) is 9.68 Å². The maximum atomic E-state index is 12.8. The molecule has 0 saturated heterocycles. The quantitative estimate of drug-likeness (QED) is 0.803. The van der Waals surface area contributed by atoms with Crippen LogP contribution in [0.5, 0.6) is 0 Å². The number of halogens is 6. The first-order valence-corrected chi connectivity index (χ1v) is 7.95. The SMILES string of the molecule is Cc1noc(C)c1S(=O)(=O)Nc1cc(C(F)(F)F)cc(C(F)(F)F)c1. The Morgan fingerprint density at radius 1 is 0.960 bits per heavy atom. The third-order valence-electron chi connectivity index (χ3n) is 3.08. The Bertz CT molecular complexity index is 848. The molecule has 0 bridgehead atoms. The molecule has 0 radical (unpaired) electrons. The highest BCUT2D eigenvalue weighted by Crippen LogP contribution is 2.38. The molecule has 0 spiro atoms. The zero-order chi connectivity index (χ0) is 19.2. The van der Waals surface area contributed by atoms with Gasteiger partial charge in [-0.25, -0.2) is 8.42 Å². The lowest BCUT2D eigenvalue weighted by atomic mass is 10.1. The summed E-state index contributed by atoms with van der Waals surface area (Å²) in [5.41, 5.74) is -4.26. The van der Waals surface area contributed by atoms with E-state index in [4.69, 9.17) is 0 Å². The second-order valence-electron chi connectivity index (χ2n) is 5.05. The van der Waals surface area contributed by atoms with Gasteiger partial charge < -0.3 is 4.52 Å². The minimum absolute atomic E-state index is 0.0898. The normalized spacial score (nSPS) is 13.1. The van der Waals surface area contributed by atoms with Crippen molar-refractivity contribution in [2.75, 3.05) is 4.72 Å². The van der Waals surface area contributed by atoms with Crippen molar-refractivity contribution in [1.29, 1.82) is 0 Å². The van der Waals surface area contributed by atoms with Crippen molar-refractivity contribution in [2.24, 2.45) is 0 Å². The van der Waals surface area contributed by atoms with E-state index in [1.807, 2.05) is 0 Å². The van der Waals surface area contributed by atoms with Crippen molar-refractivity contribution in [1.82, 2.24) is 5.16 Å². The van der Waals surface area contributed by atoms with Gasteiger partial charge in [-0.15, -0.1) is 0 Å². The van der Waals surface area contributed by atoms with E-state index in [0.29, 0.717) is 0 Å². The molecule has 5 nitrogen and oxygen atoms in total. The standard InChI is InChI=1S/C13H10F6N2O3S/c1-6-11(7(2)24-20-6)25(22,23)21-10-4-8(12(14,15)16)3-9(5-10)13(17,18)19/h3-5,21H,1-2H3.